The van der Waals surface area contributed by atoms with Crippen molar-refractivity contribution in [2.75, 3.05) is 26.3 Å². The molecular formula is C15H27NO2. The van der Waals surface area contributed by atoms with Crippen molar-refractivity contribution in [1.82, 2.24) is 4.90 Å². The molecule has 2 saturated heterocycles. The Bertz CT molecular complexity index is 281. The van der Waals surface area contributed by atoms with Crippen molar-refractivity contribution in [2.24, 2.45) is 17.3 Å². The number of likely N-dealkylation sites (tertiary alicyclic amines) is 1. The first-order valence-electron chi connectivity index (χ1n) is 7.35. The lowest BCUT2D eigenvalue weighted by Gasteiger charge is -2.40. The van der Waals surface area contributed by atoms with Crippen molar-refractivity contribution in [3.05, 3.63) is 0 Å². The van der Waals surface area contributed by atoms with Crippen LogP contribution in [0.3, 0.4) is 0 Å². The van der Waals surface area contributed by atoms with Crippen LogP contribution in [-0.2, 0) is 9.53 Å². The van der Waals surface area contributed by atoms with Crippen molar-refractivity contribution in [3.63, 3.8) is 0 Å². The van der Waals surface area contributed by atoms with E-state index in [1.807, 2.05) is 0 Å². The Morgan fingerprint density at radius 2 is 1.61 bits per heavy atom. The van der Waals surface area contributed by atoms with Gasteiger partial charge in [0.05, 0.1) is 0 Å². The summed E-state index contributed by atoms with van der Waals surface area (Å²) in [6, 6.07) is 0. The molecule has 2 rings (SSSR count). The number of carbonyl (C=O) groups excluding carboxylic acids is 1. The summed E-state index contributed by atoms with van der Waals surface area (Å²) in [4.78, 5) is 14.5. The second-order valence-corrected chi connectivity index (χ2v) is 6.85. The van der Waals surface area contributed by atoms with Crippen LogP contribution in [-0.4, -0.2) is 37.1 Å². The quantitative estimate of drug-likeness (QED) is 0.719. The lowest BCUT2D eigenvalue weighted by molar-refractivity contribution is -0.140. The van der Waals surface area contributed by atoms with Crippen LogP contribution in [0.15, 0.2) is 0 Å². The van der Waals surface area contributed by atoms with Gasteiger partial charge in [-0.2, -0.15) is 0 Å². The molecule has 2 aliphatic heterocycles. The highest BCUT2D eigenvalue weighted by atomic mass is 16.5. The van der Waals surface area contributed by atoms with Gasteiger partial charge in [0.1, 0.15) is 0 Å². The number of piperidine rings is 1. The molecule has 0 aliphatic carbocycles. The maximum absolute atomic E-state index is 12.4. The van der Waals surface area contributed by atoms with Gasteiger partial charge in [-0.05, 0) is 37.0 Å². The predicted octanol–water partition coefficient (Wildman–Crippen LogP) is 2.70. The second kappa shape index (κ2) is 5.60. The third-order valence-corrected chi connectivity index (χ3v) is 4.60. The highest BCUT2D eigenvalue weighted by molar-refractivity contribution is 5.79. The number of amides is 1. The summed E-state index contributed by atoms with van der Waals surface area (Å²) in [6.45, 7) is 10.4. The Kier molecular flexibility index (Phi) is 4.31. The zero-order valence-electron chi connectivity index (χ0n) is 12.1. The van der Waals surface area contributed by atoms with Gasteiger partial charge in [0.2, 0.25) is 5.91 Å². The van der Waals surface area contributed by atoms with Crippen LogP contribution in [0, 0.1) is 17.3 Å². The summed E-state index contributed by atoms with van der Waals surface area (Å²) >= 11 is 0. The normalized spacial score (nSPS) is 24.3. The largest absolute Gasteiger partial charge is 0.381 e. The standard InChI is InChI=1S/C15H27NO2/c1-15(2,3)13-4-8-16(9-5-13)14(17)12-6-10-18-11-7-12/h12-13H,4-11H2,1-3H3. The minimum Gasteiger partial charge on any atom is -0.381 e. The van der Waals surface area contributed by atoms with Crippen LogP contribution in [0.4, 0.5) is 0 Å². The Labute approximate surface area is 111 Å². The predicted molar refractivity (Wildman–Crippen MR) is 72.3 cm³/mol. The number of nitrogens with zero attached hydrogens (tertiary/aromatic N) is 1. The third kappa shape index (κ3) is 3.25. The average Bonchev–Trinajstić information content (AvgIpc) is 2.38. The van der Waals surface area contributed by atoms with Crippen LogP contribution in [0.5, 0.6) is 0 Å². The maximum Gasteiger partial charge on any atom is 0.225 e. The fourth-order valence-electron chi connectivity index (χ4n) is 3.17. The molecule has 2 fully saturated rings. The summed E-state index contributed by atoms with van der Waals surface area (Å²) < 4.78 is 5.33. The van der Waals surface area contributed by atoms with Crippen LogP contribution in [0.25, 0.3) is 0 Å². The molecule has 0 bridgehead atoms. The van der Waals surface area contributed by atoms with E-state index in [9.17, 15) is 4.79 Å². The topological polar surface area (TPSA) is 29.5 Å². The molecule has 3 heteroatoms. The van der Waals surface area contributed by atoms with E-state index >= 15 is 0 Å². The van der Waals surface area contributed by atoms with Crippen LogP contribution < -0.4 is 0 Å². The van der Waals surface area contributed by atoms with Crippen LogP contribution in [0.2, 0.25) is 0 Å². The summed E-state index contributed by atoms with van der Waals surface area (Å²) in [5.41, 5.74) is 0.383. The van der Waals surface area contributed by atoms with E-state index in [2.05, 4.69) is 25.7 Å². The summed E-state index contributed by atoms with van der Waals surface area (Å²) in [5.74, 6) is 1.37. The fourth-order valence-corrected chi connectivity index (χ4v) is 3.17. The molecular weight excluding hydrogens is 226 g/mol. The van der Waals surface area contributed by atoms with Gasteiger partial charge in [0.25, 0.3) is 0 Å². The molecule has 0 N–H and O–H groups in total. The molecule has 2 heterocycles. The molecule has 0 spiro atoms. The molecule has 0 aromatic rings. The highest BCUT2D eigenvalue weighted by Gasteiger charge is 2.33. The number of ether oxygens (including phenoxy) is 1. The third-order valence-electron chi connectivity index (χ3n) is 4.60. The summed E-state index contributed by atoms with van der Waals surface area (Å²) in [5, 5.41) is 0. The minimum absolute atomic E-state index is 0.227. The van der Waals surface area contributed by atoms with E-state index in [4.69, 9.17) is 4.74 Å². The van der Waals surface area contributed by atoms with E-state index in [1.165, 1.54) is 12.8 Å². The van der Waals surface area contributed by atoms with Crippen molar-refractivity contribution in [1.29, 1.82) is 0 Å². The van der Waals surface area contributed by atoms with Crippen LogP contribution in [0.1, 0.15) is 46.5 Å². The molecule has 3 nitrogen and oxygen atoms in total. The van der Waals surface area contributed by atoms with Gasteiger partial charge in [0, 0.05) is 32.2 Å². The maximum atomic E-state index is 12.4. The first-order valence-corrected chi connectivity index (χ1v) is 7.35. The number of hydrogen-bond donors (Lipinski definition) is 0. The Balaban J connectivity index is 1.83. The first kappa shape index (κ1) is 13.9. The minimum atomic E-state index is 0.227. The zero-order valence-corrected chi connectivity index (χ0v) is 12.1. The molecule has 0 saturated carbocycles. The van der Waals surface area contributed by atoms with Gasteiger partial charge >= 0.3 is 0 Å². The second-order valence-electron chi connectivity index (χ2n) is 6.85. The molecule has 104 valence electrons. The van der Waals surface area contributed by atoms with E-state index < -0.39 is 0 Å². The SMILES string of the molecule is CC(C)(C)C1CCN(C(=O)C2CCOCC2)CC1. The van der Waals surface area contributed by atoms with E-state index in [0.29, 0.717) is 11.3 Å². The van der Waals surface area contributed by atoms with Crippen molar-refractivity contribution in [3.8, 4) is 0 Å². The zero-order chi connectivity index (χ0) is 13.2. The molecule has 0 unspecified atom stereocenters. The lowest BCUT2D eigenvalue weighted by atomic mass is 9.75. The van der Waals surface area contributed by atoms with Gasteiger partial charge < -0.3 is 9.64 Å². The number of rotatable bonds is 1. The molecule has 0 aromatic heterocycles. The van der Waals surface area contributed by atoms with E-state index in [-0.39, 0.29) is 5.92 Å². The Morgan fingerprint density at radius 3 is 2.11 bits per heavy atom. The molecule has 18 heavy (non-hydrogen) atoms. The van der Waals surface area contributed by atoms with Gasteiger partial charge in [0.15, 0.2) is 0 Å². The van der Waals surface area contributed by atoms with Gasteiger partial charge in [-0.1, -0.05) is 20.8 Å². The molecule has 2 aliphatic rings. The van der Waals surface area contributed by atoms with Crippen molar-refractivity contribution < 1.29 is 9.53 Å². The number of carbonyl (C=O) groups is 1. The molecule has 0 radical (unpaired) electrons. The van der Waals surface area contributed by atoms with Crippen molar-refractivity contribution in [2.45, 2.75) is 46.5 Å². The summed E-state index contributed by atoms with van der Waals surface area (Å²) in [6.07, 6.45) is 4.16. The highest BCUT2D eigenvalue weighted by Crippen LogP contribution is 2.34. The van der Waals surface area contributed by atoms with E-state index in [1.54, 1.807) is 0 Å². The number of hydrogen-bond acceptors (Lipinski definition) is 2. The fraction of sp³-hybridized carbons (Fsp3) is 0.933. The molecule has 1 amide bonds. The average molecular weight is 253 g/mol. The van der Waals surface area contributed by atoms with Gasteiger partial charge in [-0.3, -0.25) is 4.79 Å². The summed E-state index contributed by atoms with van der Waals surface area (Å²) in [7, 11) is 0. The van der Waals surface area contributed by atoms with Crippen LogP contribution >= 0.6 is 0 Å². The molecule has 0 aromatic carbocycles. The van der Waals surface area contributed by atoms with E-state index in [0.717, 1.165) is 45.1 Å². The molecule has 0 atom stereocenters. The first-order chi connectivity index (χ1) is 8.48. The Hall–Kier alpha value is -0.570. The lowest BCUT2D eigenvalue weighted by Crippen LogP contribution is -2.44. The smallest absolute Gasteiger partial charge is 0.225 e. The van der Waals surface area contributed by atoms with Crippen molar-refractivity contribution >= 4 is 5.91 Å². The monoisotopic (exact) mass is 253 g/mol. The van der Waals surface area contributed by atoms with Gasteiger partial charge in [-0.25, -0.2) is 0 Å². The van der Waals surface area contributed by atoms with Gasteiger partial charge in [-0.15, -0.1) is 0 Å². The Morgan fingerprint density at radius 1 is 1.06 bits per heavy atom.